The molecule has 26 heavy (non-hydrogen) atoms. The highest BCUT2D eigenvalue weighted by molar-refractivity contribution is 7.98. The van der Waals surface area contributed by atoms with Crippen LogP contribution in [0, 0.1) is 0 Å². The van der Waals surface area contributed by atoms with E-state index in [1.54, 1.807) is 43.0 Å². The summed E-state index contributed by atoms with van der Waals surface area (Å²) in [5, 5.41) is 3.57. The van der Waals surface area contributed by atoms with Gasteiger partial charge >= 0.3 is 0 Å². The largest absolute Gasteiger partial charge is 0.351 e. The molecule has 0 aromatic heterocycles. The van der Waals surface area contributed by atoms with Crippen LogP contribution in [0.2, 0.25) is 5.02 Å². The van der Waals surface area contributed by atoms with Gasteiger partial charge in [0.1, 0.15) is 0 Å². The first-order valence-corrected chi connectivity index (χ1v) is 11.3. The van der Waals surface area contributed by atoms with Crippen LogP contribution in [0.15, 0.2) is 48.5 Å². The number of carbonyl (C=O) groups excluding carboxylic acids is 1. The van der Waals surface area contributed by atoms with E-state index in [0.717, 1.165) is 22.1 Å². The predicted octanol–water partition coefficient (Wildman–Crippen LogP) is 3.76. The molecule has 0 bridgehead atoms. The number of hydrogen-bond acceptors (Lipinski definition) is 4. The van der Waals surface area contributed by atoms with Gasteiger partial charge in [-0.3, -0.25) is 9.52 Å². The molecule has 2 N–H and O–H groups in total. The van der Waals surface area contributed by atoms with Crippen LogP contribution in [0.3, 0.4) is 0 Å². The average molecular weight is 413 g/mol. The fourth-order valence-corrected chi connectivity index (χ4v) is 3.76. The molecule has 140 valence electrons. The number of benzene rings is 2. The SMILES string of the molecule is CCS(=O)(=O)Nc1ccc(C(=O)NCCSCc2cccc(Cl)c2)cc1. The summed E-state index contributed by atoms with van der Waals surface area (Å²) in [6, 6.07) is 14.1. The summed E-state index contributed by atoms with van der Waals surface area (Å²) in [7, 11) is -3.31. The van der Waals surface area contributed by atoms with Crippen LogP contribution in [-0.4, -0.2) is 32.4 Å². The molecule has 0 heterocycles. The Morgan fingerprint density at radius 2 is 1.88 bits per heavy atom. The van der Waals surface area contributed by atoms with E-state index in [-0.39, 0.29) is 11.7 Å². The summed E-state index contributed by atoms with van der Waals surface area (Å²) in [6.07, 6.45) is 0. The van der Waals surface area contributed by atoms with Crippen LogP contribution in [0.4, 0.5) is 5.69 Å². The topological polar surface area (TPSA) is 75.3 Å². The van der Waals surface area contributed by atoms with E-state index in [4.69, 9.17) is 11.6 Å². The van der Waals surface area contributed by atoms with Crippen LogP contribution in [-0.2, 0) is 15.8 Å². The maximum Gasteiger partial charge on any atom is 0.251 e. The van der Waals surface area contributed by atoms with Crippen molar-refractivity contribution in [2.75, 3.05) is 22.8 Å². The monoisotopic (exact) mass is 412 g/mol. The van der Waals surface area contributed by atoms with E-state index in [0.29, 0.717) is 17.8 Å². The number of hydrogen-bond donors (Lipinski definition) is 2. The standard InChI is InChI=1S/C18H21ClN2O3S2/c1-2-26(23,24)21-17-8-6-15(7-9-17)18(22)20-10-11-25-13-14-4-3-5-16(19)12-14/h3-9,12,21H,2,10-11,13H2,1H3,(H,20,22). The van der Waals surface area contributed by atoms with Crippen molar-refractivity contribution in [3.8, 4) is 0 Å². The second kappa shape index (κ2) is 9.85. The molecular formula is C18H21ClN2O3S2. The highest BCUT2D eigenvalue weighted by atomic mass is 35.5. The third kappa shape index (κ3) is 6.90. The molecule has 1 amide bonds. The van der Waals surface area contributed by atoms with Gasteiger partial charge in [0.05, 0.1) is 5.75 Å². The van der Waals surface area contributed by atoms with Crippen molar-refractivity contribution in [1.82, 2.24) is 5.32 Å². The first-order chi connectivity index (χ1) is 12.4. The highest BCUT2D eigenvalue weighted by Gasteiger charge is 2.08. The Morgan fingerprint density at radius 1 is 1.15 bits per heavy atom. The number of carbonyl (C=O) groups is 1. The van der Waals surface area contributed by atoms with E-state index in [1.807, 2.05) is 24.3 Å². The number of amides is 1. The Labute approximate surface area is 163 Å². The number of nitrogens with one attached hydrogen (secondary N) is 2. The molecule has 0 fully saturated rings. The van der Waals surface area contributed by atoms with Gasteiger partial charge in [-0.1, -0.05) is 23.7 Å². The quantitative estimate of drug-likeness (QED) is 0.615. The van der Waals surface area contributed by atoms with Gasteiger partial charge < -0.3 is 5.32 Å². The van der Waals surface area contributed by atoms with Crippen LogP contribution >= 0.6 is 23.4 Å². The van der Waals surface area contributed by atoms with Crippen molar-refractivity contribution in [2.45, 2.75) is 12.7 Å². The van der Waals surface area contributed by atoms with Gasteiger partial charge in [-0.25, -0.2) is 8.42 Å². The summed E-state index contributed by atoms with van der Waals surface area (Å²) in [6.45, 7) is 2.11. The van der Waals surface area contributed by atoms with Gasteiger partial charge in [0.2, 0.25) is 10.0 Å². The van der Waals surface area contributed by atoms with Crippen molar-refractivity contribution in [2.24, 2.45) is 0 Å². The highest BCUT2D eigenvalue weighted by Crippen LogP contribution is 2.16. The molecule has 0 aliphatic heterocycles. The number of rotatable bonds is 9. The van der Waals surface area contributed by atoms with Crippen LogP contribution < -0.4 is 10.0 Å². The normalized spacial score (nSPS) is 11.2. The second-order valence-electron chi connectivity index (χ2n) is 5.52. The minimum Gasteiger partial charge on any atom is -0.351 e. The molecular weight excluding hydrogens is 392 g/mol. The summed E-state index contributed by atoms with van der Waals surface area (Å²) >= 11 is 7.66. The molecule has 0 spiro atoms. The Hall–Kier alpha value is -1.70. The van der Waals surface area contributed by atoms with E-state index in [9.17, 15) is 13.2 Å². The van der Waals surface area contributed by atoms with Crippen molar-refractivity contribution >= 4 is 45.0 Å². The molecule has 0 saturated heterocycles. The zero-order valence-corrected chi connectivity index (χ0v) is 16.8. The Morgan fingerprint density at radius 3 is 2.54 bits per heavy atom. The molecule has 0 atom stereocenters. The molecule has 0 unspecified atom stereocenters. The third-order valence-electron chi connectivity index (χ3n) is 3.49. The Kier molecular flexibility index (Phi) is 7.81. The Bertz CT molecular complexity index is 840. The van der Waals surface area contributed by atoms with E-state index in [1.165, 1.54) is 0 Å². The van der Waals surface area contributed by atoms with E-state index in [2.05, 4.69) is 10.0 Å². The zero-order chi connectivity index (χ0) is 19.0. The smallest absolute Gasteiger partial charge is 0.251 e. The third-order valence-corrected chi connectivity index (χ3v) is 6.06. The van der Waals surface area contributed by atoms with E-state index >= 15 is 0 Å². The van der Waals surface area contributed by atoms with Gasteiger partial charge in [0.15, 0.2) is 0 Å². The van der Waals surface area contributed by atoms with E-state index < -0.39 is 10.0 Å². The molecule has 0 aliphatic rings. The van der Waals surface area contributed by atoms with Crippen molar-refractivity contribution < 1.29 is 13.2 Å². The van der Waals surface area contributed by atoms with Gasteiger partial charge in [-0.2, -0.15) is 11.8 Å². The lowest BCUT2D eigenvalue weighted by Crippen LogP contribution is -2.25. The van der Waals surface area contributed by atoms with Gasteiger partial charge in [0.25, 0.3) is 5.91 Å². The minimum absolute atomic E-state index is 0.00207. The first kappa shape index (κ1) is 20.6. The maximum absolute atomic E-state index is 12.1. The predicted molar refractivity (Wildman–Crippen MR) is 109 cm³/mol. The summed E-state index contributed by atoms with van der Waals surface area (Å²) in [4.78, 5) is 12.1. The van der Waals surface area contributed by atoms with Gasteiger partial charge in [-0.15, -0.1) is 0 Å². The second-order valence-corrected chi connectivity index (χ2v) is 9.07. The molecule has 2 aromatic carbocycles. The number of halogens is 1. The fourth-order valence-electron chi connectivity index (χ4n) is 2.10. The van der Waals surface area contributed by atoms with Gasteiger partial charge in [-0.05, 0) is 48.9 Å². The summed E-state index contributed by atoms with van der Waals surface area (Å²) < 4.78 is 25.5. The molecule has 0 radical (unpaired) electrons. The molecule has 2 rings (SSSR count). The molecule has 5 nitrogen and oxygen atoms in total. The van der Waals surface area contributed by atoms with Crippen LogP contribution in [0.1, 0.15) is 22.8 Å². The van der Waals surface area contributed by atoms with Crippen molar-refractivity contribution in [3.05, 3.63) is 64.7 Å². The number of sulfonamides is 1. The number of anilines is 1. The van der Waals surface area contributed by atoms with Crippen LogP contribution in [0.25, 0.3) is 0 Å². The summed E-state index contributed by atoms with van der Waals surface area (Å²) in [5.74, 6) is 1.44. The lowest BCUT2D eigenvalue weighted by molar-refractivity contribution is 0.0956. The zero-order valence-electron chi connectivity index (χ0n) is 14.4. The Balaban J connectivity index is 1.74. The summed E-state index contributed by atoms with van der Waals surface area (Å²) in [5.41, 5.74) is 2.09. The molecule has 8 heteroatoms. The molecule has 0 aliphatic carbocycles. The fraction of sp³-hybridized carbons (Fsp3) is 0.278. The first-order valence-electron chi connectivity index (χ1n) is 8.10. The number of thioether (sulfide) groups is 1. The molecule has 0 saturated carbocycles. The minimum atomic E-state index is -3.31. The average Bonchev–Trinajstić information content (AvgIpc) is 2.61. The lowest BCUT2D eigenvalue weighted by atomic mass is 10.2. The molecule has 2 aromatic rings. The van der Waals surface area contributed by atoms with Crippen molar-refractivity contribution in [3.63, 3.8) is 0 Å². The lowest BCUT2D eigenvalue weighted by Gasteiger charge is -2.08. The van der Waals surface area contributed by atoms with Crippen molar-refractivity contribution in [1.29, 1.82) is 0 Å². The van der Waals surface area contributed by atoms with Gasteiger partial charge in [0, 0.05) is 34.3 Å². The maximum atomic E-state index is 12.1. The van der Waals surface area contributed by atoms with Crippen LogP contribution in [0.5, 0.6) is 0 Å².